The normalized spacial score (nSPS) is 15.4. The van der Waals surface area contributed by atoms with Crippen molar-refractivity contribution in [2.75, 3.05) is 0 Å². The van der Waals surface area contributed by atoms with E-state index in [1.165, 1.54) is 10.6 Å². The van der Waals surface area contributed by atoms with E-state index in [1.807, 2.05) is 0 Å². The van der Waals surface area contributed by atoms with Crippen LogP contribution in [0.3, 0.4) is 0 Å². The molecule has 5 heteroatoms. The summed E-state index contributed by atoms with van der Waals surface area (Å²) in [6, 6.07) is 22.3. The van der Waals surface area contributed by atoms with Gasteiger partial charge in [0, 0.05) is 0 Å². The molecule has 0 atom stereocenters. The Morgan fingerprint density at radius 3 is 1.44 bits per heavy atom. The molecule has 27 heavy (non-hydrogen) atoms. The molecule has 2 aromatic rings. The van der Waals surface area contributed by atoms with Crippen LogP contribution in [0.25, 0.3) is 0 Å². The molecule has 0 N–H and O–H groups in total. The third-order valence-electron chi connectivity index (χ3n) is 3.98. The van der Waals surface area contributed by atoms with Gasteiger partial charge in [-0.05, 0) is 0 Å². The van der Waals surface area contributed by atoms with Crippen LogP contribution in [0.5, 0.6) is 0 Å². The summed E-state index contributed by atoms with van der Waals surface area (Å²) in [5, 5.41) is 3.00. The molecule has 0 amide bonds. The molecule has 0 saturated heterocycles. The molecule has 2 aliphatic carbocycles. The van der Waals surface area contributed by atoms with Crippen molar-refractivity contribution in [1.29, 1.82) is 0 Å². The average molecular weight is 501 g/mol. The summed E-state index contributed by atoms with van der Waals surface area (Å²) in [6.07, 6.45) is 16.1. The van der Waals surface area contributed by atoms with E-state index in [2.05, 4.69) is 97.1 Å². The van der Waals surface area contributed by atoms with Gasteiger partial charge in [0.2, 0.25) is 0 Å². The van der Waals surface area contributed by atoms with Gasteiger partial charge >= 0.3 is 183 Å². The molecular weight excluding hydrogens is 481 g/mol. The third kappa shape index (κ3) is 5.71. The molecule has 0 aromatic heterocycles. The van der Waals surface area contributed by atoms with E-state index in [9.17, 15) is 0 Å². The Bertz CT molecular complexity index is 778. The van der Waals surface area contributed by atoms with Crippen molar-refractivity contribution in [3.05, 3.63) is 106 Å². The van der Waals surface area contributed by atoms with Gasteiger partial charge in [0.15, 0.2) is 0 Å². The summed E-state index contributed by atoms with van der Waals surface area (Å²) in [7, 11) is 9.40. The zero-order chi connectivity index (χ0) is 18.9. The maximum atomic E-state index is 4.70. The van der Waals surface area contributed by atoms with E-state index in [0.29, 0.717) is 12.7 Å². The van der Waals surface area contributed by atoms with Crippen LogP contribution >= 0.6 is 27.0 Å². The number of hydrogen-bond donors (Lipinski definition) is 0. The summed E-state index contributed by atoms with van der Waals surface area (Å²) in [5.74, 6) is 0. The standard InChI is InChI=1S/C12H10P.2C5H5.2ClH.Fe.Ni/c1-3-7-11(8-4-1)13-12-9-5-2-6-10-12;2*1-2-4-5-3-1;;;;/h1-10H;2*1-3H,4H2;2*1H;;/q-1;;;;;+1;+2/p-2. The van der Waals surface area contributed by atoms with E-state index in [4.69, 9.17) is 20.4 Å². The van der Waals surface area contributed by atoms with E-state index in [1.54, 1.807) is 8.94 Å². The van der Waals surface area contributed by atoms with Crippen LogP contribution in [-0.4, -0.2) is 0 Å². The summed E-state index contributed by atoms with van der Waals surface area (Å²) >= 11 is 0.0206. The van der Waals surface area contributed by atoms with Gasteiger partial charge in [-0.1, -0.05) is 0 Å². The molecule has 0 unspecified atom stereocenters. The van der Waals surface area contributed by atoms with Crippen molar-refractivity contribution in [1.82, 2.24) is 0 Å². The third-order valence-corrected chi connectivity index (χ3v) is 12.8. The quantitative estimate of drug-likeness (QED) is 0.316. The molecule has 0 saturated carbocycles. The van der Waals surface area contributed by atoms with Crippen LogP contribution in [-0.2, 0) is 26.1 Å². The average Bonchev–Trinajstić information content (AvgIpc) is 3.42. The van der Waals surface area contributed by atoms with E-state index >= 15 is 0 Å². The van der Waals surface area contributed by atoms with Gasteiger partial charge in [-0.2, -0.15) is 0 Å². The van der Waals surface area contributed by atoms with Crippen molar-refractivity contribution in [2.45, 2.75) is 12.8 Å². The van der Waals surface area contributed by atoms with Crippen LogP contribution in [0.15, 0.2) is 106 Å². The molecule has 0 aliphatic heterocycles. The van der Waals surface area contributed by atoms with Crippen LogP contribution in [0, 0.1) is 0 Å². The zero-order valence-electron chi connectivity index (χ0n) is 14.5. The van der Waals surface area contributed by atoms with Crippen LogP contribution in [0.1, 0.15) is 12.8 Å². The molecule has 0 spiro atoms. The number of hydrogen-bond acceptors (Lipinski definition) is 0. The second-order valence-electron chi connectivity index (χ2n) is 5.69. The maximum absolute atomic E-state index is 4.70. The Morgan fingerprint density at radius 1 is 0.704 bits per heavy atom. The van der Waals surface area contributed by atoms with Gasteiger partial charge in [-0.3, -0.25) is 0 Å². The number of allylic oxidation sites excluding steroid dienone is 8. The van der Waals surface area contributed by atoms with Crippen molar-refractivity contribution in [3.63, 3.8) is 0 Å². The summed E-state index contributed by atoms with van der Waals surface area (Å²) < 4.78 is 3.28. The number of benzene rings is 2. The van der Waals surface area contributed by atoms with Crippen LogP contribution in [0.4, 0.5) is 0 Å². The van der Waals surface area contributed by atoms with Crippen molar-refractivity contribution in [2.24, 2.45) is 0 Å². The summed E-state index contributed by atoms with van der Waals surface area (Å²) in [5.41, 5.74) is 0. The van der Waals surface area contributed by atoms with Gasteiger partial charge in [-0.15, -0.1) is 0 Å². The first kappa shape index (κ1) is 21.1. The first-order valence-corrected chi connectivity index (χ1v) is 15.0. The second-order valence-corrected chi connectivity index (χ2v) is 13.9. The SMILES string of the molecule is C1=CC[C]([Fe]([C]2=CC=CC2)[P](c2ccccc2)c2ccccc2)=C1.[Cl][Ni][Cl]. The fraction of sp³-hybridized carbons (Fsp3) is 0.0909. The van der Waals surface area contributed by atoms with Crippen LogP contribution < -0.4 is 10.6 Å². The molecular formula is C22H20Cl2FeNiP. The summed E-state index contributed by atoms with van der Waals surface area (Å²) in [4.78, 5) is 0. The van der Waals surface area contributed by atoms with Crippen molar-refractivity contribution >= 4 is 37.6 Å². The molecule has 2 aliphatic rings. The molecule has 0 nitrogen and oxygen atoms in total. The molecule has 2 aromatic carbocycles. The first-order valence-electron chi connectivity index (χ1n) is 8.45. The van der Waals surface area contributed by atoms with E-state index < -0.39 is 13.5 Å². The van der Waals surface area contributed by atoms with Crippen molar-refractivity contribution in [3.8, 4) is 0 Å². The molecule has 0 fully saturated rings. The Kier molecular flexibility index (Phi) is 8.95. The van der Waals surface area contributed by atoms with Crippen molar-refractivity contribution < 1.29 is 26.1 Å². The van der Waals surface area contributed by atoms with E-state index in [0.717, 1.165) is 12.8 Å². The van der Waals surface area contributed by atoms with Gasteiger partial charge in [0.25, 0.3) is 0 Å². The monoisotopic (exact) mass is 499 g/mol. The second kappa shape index (κ2) is 11.4. The minimum absolute atomic E-state index is 0.370. The van der Waals surface area contributed by atoms with E-state index in [-0.39, 0.29) is 6.61 Å². The Labute approximate surface area is 181 Å². The predicted molar refractivity (Wildman–Crippen MR) is 114 cm³/mol. The Balaban J connectivity index is 0.000000659. The van der Waals surface area contributed by atoms with Gasteiger partial charge in [-0.25, -0.2) is 0 Å². The first-order chi connectivity index (χ1) is 13.3. The molecule has 145 valence electrons. The Morgan fingerprint density at radius 2 is 1.11 bits per heavy atom. The van der Waals surface area contributed by atoms with Crippen LogP contribution in [0.2, 0.25) is 0 Å². The van der Waals surface area contributed by atoms with Gasteiger partial charge < -0.3 is 0 Å². The molecule has 0 bridgehead atoms. The van der Waals surface area contributed by atoms with Gasteiger partial charge in [0.05, 0.1) is 0 Å². The fourth-order valence-corrected chi connectivity index (χ4v) is 12.1. The van der Waals surface area contributed by atoms with Gasteiger partial charge in [0.1, 0.15) is 0 Å². The number of halogens is 2. The minimum atomic E-state index is -0.549. The topological polar surface area (TPSA) is 0 Å². The fourth-order valence-electron chi connectivity index (χ4n) is 2.87. The zero-order valence-corrected chi connectivity index (χ0v) is 19.0. The number of rotatable bonds is 5. The Hall–Kier alpha value is -0.577. The molecule has 0 heterocycles. The molecule has 4 rings (SSSR count). The predicted octanol–water partition coefficient (Wildman–Crippen LogP) is 6.72. The summed E-state index contributed by atoms with van der Waals surface area (Å²) in [6.45, 7) is -0.370. The molecule has 0 radical (unpaired) electrons.